The Balaban J connectivity index is 1.85. The lowest BCUT2D eigenvalue weighted by Crippen LogP contribution is -2.42. The second-order valence-electron chi connectivity index (χ2n) is 7.90. The van der Waals surface area contributed by atoms with E-state index in [1.807, 2.05) is 26.8 Å². The number of hydrogen-bond donors (Lipinski definition) is 2. The van der Waals surface area contributed by atoms with E-state index in [-0.39, 0.29) is 22.4 Å². The van der Waals surface area contributed by atoms with Gasteiger partial charge in [-0.05, 0) is 69.4 Å². The van der Waals surface area contributed by atoms with Gasteiger partial charge in [0.05, 0.1) is 6.04 Å². The standard InChI is InChI=1S/C21H24F2N2O2S/c1-21(2,3)28(27)25-19-9-5-6-14-15(19)7-4-8-16(14)20(26)24-13-10-11-17(22)18(23)12-13/h4,7-8,10-12,19,25H,5-6,9H2,1-3H3,(H,24,26)/t19?,28-/m0/s1. The molecule has 0 fully saturated rings. The molecule has 7 heteroatoms. The van der Waals surface area contributed by atoms with Crippen LogP contribution in [0.4, 0.5) is 14.5 Å². The first-order valence-corrected chi connectivity index (χ1v) is 10.4. The van der Waals surface area contributed by atoms with Crippen molar-refractivity contribution in [1.82, 2.24) is 4.72 Å². The fourth-order valence-corrected chi connectivity index (χ4v) is 4.12. The maximum Gasteiger partial charge on any atom is 0.255 e. The highest BCUT2D eigenvalue weighted by Crippen LogP contribution is 2.34. The third-order valence-corrected chi connectivity index (χ3v) is 6.35. The van der Waals surface area contributed by atoms with Crippen molar-refractivity contribution in [3.8, 4) is 0 Å². The summed E-state index contributed by atoms with van der Waals surface area (Å²) in [4.78, 5) is 12.8. The maximum atomic E-state index is 13.4. The lowest BCUT2D eigenvalue weighted by molar-refractivity contribution is 0.102. The predicted molar refractivity (Wildman–Crippen MR) is 107 cm³/mol. The molecule has 1 amide bonds. The lowest BCUT2D eigenvalue weighted by Gasteiger charge is -2.31. The molecule has 2 atom stereocenters. The largest absolute Gasteiger partial charge is 0.598 e. The van der Waals surface area contributed by atoms with E-state index in [1.165, 1.54) is 6.07 Å². The molecule has 1 aliphatic carbocycles. The average Bonchev–Trinajstić information content (AvgIpc) is 2.63. The van der Waals surface area contributed by atoms with Crippen LogP contribution in [0.5, 0.6) is 0 Å². The van der Waals surface area contributed by atoms with Gasteiger partial charge in [-0.25, -0.2) is 8.78 Å². The first-order chi connectivity index (χ1) is 13.2. The molecule has 0 radical (unpaired) electrons. The Morgan fingerprint density at radius 3 is 2.61 bits per heavy atom. The number of benzene rings is 2. The molecule has 0 bridgehead atoms. The summed E-state index contributed by atoms with van der Waals surface area (Å²) in [5, 5.41) is 2.63. The quantitative estimate of drug-likeness (QED) is 0.727. The van der Waals surface area contributed by atoms with Gasteiger partial charge < -0.3 is 9.87 Å². The van der Waals surface area contributed by atoms with E-state index in [0.717, 1.165) is 42.5 Å². The Kier molecular flexibility index (Phi) is 6.07. The molecular formula is C21H24F2N2O2S. The zero-order chi connectivity index (χ0) is 20.5. The number of amides is 1. The van der Waals surface area contributed by atoms with Crippen molar-refractivity contribution in [3.63, 3.8) is 0 Å². The zero-order valence-corrected chi connectivity index (χ0v) is 17.0. The third kappa shape index (κ3) is 4.54. The zero-order valence-electron chi connectivity index (χ0n) is 16.1. The Bertz CT molecular complexity index is 883. The molecule has 1 aliphatic rings. The summed E-state index contributed by atoms with van der Waals surface area (Å²) in [6, 6.07) is 8.62. The van der Waals surface area contributed by atoms with Crippen molar-refractivity contribution < 1.29 is 18.1 Å². The van der Waals surface area contributed by atoms with Crippen molar-refractivity contribution in [2.75, 3.05) is 5.32 Å². The molecule has 2 aromatic rings. The van der Waals surface area contributed by atoms with Crippen molar-refractivity contribution in [2.45, 2.75) is 50.8 Å². The van der Waals surface area contributed by atoms with Gasteiger partial charge in [0, 0.05) is 28.7 Å². The van der Waals surface area contributed by atoms with Gasteiger partial charge in [-0.1, -0.05) is 12.1 Å². The first kappa shape index (κ1) is 20.8. The summed E-state index contributed by atoms with van der Waals surface area (Å²) in [5.74, 6) is -2.35. The van der Waals surface area contributed by atoms with Crippen LogP contribution in [0.2, 0.25) is 0 Å². The van der Waals surface area contributed by atoms with Crippen molar-refractivity contribution >= 4 is 23.0 Å². The number of carbonyl (C=O) groups excluding carboxylic acids is 1. The predicted octanol–water partition coefficient (Wildman–Crippen LogP) is 4.65. The molecule has 0 saturated carbocycles. The van der Waals surface area contributed by atoms with Gasteiger partial charge in [0.25, 0.3) is 5.91 Å². The topological polar surface area (TPSA) is 64.2 Å². The number of halogens is 2. The van der Waals surface area contributed by atoms with Crippen molar-refractivity contribution in [3.05, 3.63) is 64.7 Å². The number of hydrogen-bond acceptors (Lipinski definition) is 3. The molecule has 1 unspecified atom stereocenters. The summed E-state index contributed by atoms with van der Waals surface area (Å²) in [7, 11) is 0. The molecule has 0 heterocycles. The molecule has 0 aliphatic heterocycles. The van der Waals surface area contributed by atoms with Crippen molar-refractivity contribution in [2.24, 2.45) is 0 Å². The van der Waals surface area contributed by atoms with Crippen LogP contribution < -0.4 is 10.0 Å². The fraction of sp³-hybridized carbons (Fsp3) is 0.381. The van der Waals surface area contributed by atoms with E-state index in [1.54, 1.807) is 12.1 Å². The number of fused-ring (bicyclic) bond motifs is 1. The summed E-state index contributed by atoms with van der Waals surface area (Å²) < 4.78 is 41.8. The van der Waals surface area contributed by atoms with E-state index in [9.17, 15) is 18.1 Å². The molecule has 2 aromatic carbocycles. The van der Waals surface area contributed by atoms with Crippen LogP contribution in [0.3, 0.4) is 0 Å². The van der Waals surface area contributed by atoms with E-state index in [2.05, 4.69) is 10.0 Å². The van der Waals surface area contributed by atoms with Crippen LogP contribution in [-0.4, -0.2) is 15.2 Å². The molecule has 0 spiro atoms. The summed E-state index contributed by atoms with van der Waals surface area (Å²) in [6.07, 6.45) is 2.43. The van der Waals surface area contributed by atoms with Crippen LogP contribution in [0.15, 0.2) is 36.4 Å². The van der Waals surface area contributed by atoms with Gasteiger partial charge in [0.15, 0.2) is 11.6 Å². The minimum absolute atomic E-state index is 0.0974. The van der Waals surface area contributed by atoms with E-state index >= 15 is 0 Å². The van der Waals surface area contributed by atoms with Crippen LogP contribution in [0.1, 0.15) is 61.1 Å². The highest BCUT2D eigenvalue weighted by atomic mass is 32.2. The normalized spacial score (nSPS) is 17.7. The summed E-state index contributed by atoms with van der Waals surface area (Å²) in [6.45, 7) is 5.72. The van der Waals surface area contributed by atoms with Gasteiger partial charge in [-0.15, -0.1) is 4.72 Å². The molecule has 4 nitrogen and oxygen atoms in total. The molecule has 2 N–H and O–H groups in total. The molecule has 3 rings (SSSR count). The monoisotopic (exact) mass is 406 g/mol. The smallest absolute Gasteiger partial charge is 0.255 e. The molecule has 28 heavy (non-hydrogen) atoms. The highest BCUT2D eigenvalue weighted by Gasteiger charge is 2.32. The second kappa shape index (κ2) is 8.19. The fourth-order valence-electron chi connectivity index (χ4n) is 3.26. The Labute approximate surface area is 167 Å². The van der Waals surface area contributed by atoms with Gasteiger partial charge in [-0.2, -0.15) is 0 Å². The Hall–Kier alpha value is -1.96. The number of carbonyl (C=O) groups is 1. The third-order valence-electron chi connectivity index (χ3n) is 4.73. The Morgan fingerprint density at radius 1 is 1.18 bits per heavy atom. The molecule has 0 saturated heterocycles. The maximum absolute atomic E-state index is 13.4. The van der Waals surface area contributed by atoms with Crippen LogP contribution in [0.25, 0.3) is 0 Å². The number of rotatable bonds is 4. The Morgan fingerprint density at radius 2 is 1.93 bits per heavy atom. The van der Waals surface area contributed by atoms with E-state index < -0.39 is 23.0 Å². The highest BCUT2D eigenvalue weighted by molar-refractivity contribution is 7.90. The number of anilines is 1. The molecule has 0 aromatic heterocycles. The minimum atomic E-state index is -1.22. The molecular weight excluding hydrogens is 382 g/mol. The van der Waals surface area contributed by atoms with Gasteiger partial charge >= 0.3 is 0 Å². The van der Waals surface area contributed by atoms with Gasteiger partial charge in [0.2, 0.25) is 0 Å². The average molecular weight is 406 g/mol. The van der Waals surface area contributed by atoms with Gasteiger partial charge in [-0.3, -0.25) is 4.79 Å². The van der Waals surface area contributed by atoms with E-state index in [4.69, 9.17) is 0 Å². The van der Waals surface area contributed by atoms with Gasteiger partial charge in [0.1, 0.15) is 4.75 Å². The summed E-state index contributed by atoms with van der Waals surface area (Å²) in [5.41, 5.74) is 2.55. The SMILES string of the molecule is CC(C)(C)[S@+]([O-])NC1CCCc2c(C(=O)Nc3ccc(F)c(F)c3)cccc21. The number of nitrogens with one attached hydrogen (secondary N) is 2. The van der Waals surface area contributed by atoms with Crippen LogP contribution in [-0.2, 0) is 17.8 Å². The van der Waals surface area contributed by atoms with Crippen LogP contribution in [0, 0.1) is 11.6 Å². The lowest BCUT2D eigenvalue weighted by atomic mass is 9.85. The van der Waals surface area contributed by atoms with Crippen LogP contribution >= 0.6 is 0 Å². The van der Waals surface area contributed by atoms with Crippen molar-refractivity contribution in [1.29, 1.82) is 0 Å². The van der Waals surface area contributed by atoms with E-state index in [0.29, 0.717) is 5.56 Å². The first-order valence-electron chi connectivity index (χ1n) is 9.23. The summed E-state index contributed by atoms with van der Waals surface area (Å²) >= 11 is -1.22. The minimum Gasteiger partial charge on any atom is -0.598 e. The second-order valence-corrected chi connectivity index (χ2v) is 9.90. The molecule has 150 valence electrons.